The van der Waals surface area contributed by atoms with Gasteiger partial charge in [0.25, 0.3) is 0 Å². The molecule has 2 aliphatic rings. The highest BCUT2D eigenvalue weighted by Gasteiger charge is 2.28. The molecule has 3 aromatic rings. The Morgan fingerprint density at radius 3 is 2.59 bits per heavy atom. The molecule has 7 nitrogen and oxygen atoms in total. The van der Waals surface area contributed by atoms with Gasteiger partial charge in [-0.3, -0.25) is 0 Å². The highest BCUT2D eigenvalue weighted by atomic mass is 35.5. The third-order valence-electron chi connectivity index (χ3n) is 6.41. The highest BCUT2D eigenvalue weighted by molar-refractivity contribution is 6.31. The minimum Gasteiger partial charge on any atom is -0.378 e. The van der Waals surface area contributed by atoms with Crippen molar-refractivity contribution in [3.8, 4) is 11.3 Å². The van der Waals surface area contributed by atoms with Gasteiger partial charge in [-0.2, -0.15) is 4.98 Å². The van der Waals surface area contributed by atoms with Crippen molar-refractivity contribution in [1.29, 1.82) is 0 Å². The minimum absolute atomic E-state index is 0.0818. The van der Waals surface area contributed by atoms with E-state index < -0.39 is 5.82 Å². The molecule has 2 saturated heterocycles. The summed E-state index contributed by atoms with van der Waals surface area (Å²) in [6.07, 6.45) is 1.85. The first-order valence-corrected chi connectivity index (χ1v) is 12.0. The zero-order valence-corrected chi connectivity index (χ0v) is 20.2. The van der Waals surface area contributed by atoms with E-state index >= 15 is 0 Å². The zero-order chi connectivity index (χ0) is 23.7. The van der Waals surface area contributed by atoms with E-state index in [0.29, 0.717) is 19.2 Å². The maximum atomic E-state index is 13.8. The van der Waals surface area contributed by atoms with Crippen LogP contribution in [0.25, 0.3) is 11.3 Å². The van der Waals surface area contributed by atoms with E-state index in [0.717, 1.165) is 55.6 Å². The Bertz CT molecular complexity index is 1170. The topological polar surface area (TPSA) is 57.6 Å². The molecule has 0 N–H and O–H groups in total. The van der Waals surface area contributed by atoms with E-state index in [2.05, 4.69) is 39.6 Å². The number of nitrogens with zero attached hydrogens (tertiary/aromatic N) is 6. The van der Waals surface area contributed by atoms with Crippen LogP contribution < -0.4 is 14.7 Å². The fraction of sp³-hybridized carbons (Fsp3) is 0.400. The average molecular weight is 483 g/mol. The molecule has 4 heterocycles. The highest BCUT2D eigenvalue weighted by Crippen LogP contribution is 2.30. The Morgan fingerprint density at radius 2 is 1.85 bits per heavy atom. The lowest BCUT2D eigenvalue weighted by Crippen LogP contribution is -2.53. The number of benzene rings is 1. The zero-order valence-electron chi connectivity index (χ0n) is 19.4. The summed E-state index contributed by atoms with van der Waals surface area (Å²) < 4.78 is 19.3. The molecule has 0 radical (unpaired) electrons. The Balaban J connectivity index is 1.47. The smallest absolute Gasteiger partial charge is 0.228 e. The van der Waals surface area contributed by atoms with Gasteiger partial charge in [-0.25, -0.2) is 14.4 Å². The van der Waals surface area contributed by atoms with Crippen LogP contribution in [-0.4, -0.2) is 66.9 Å². The Labute approximate surface area is 204 Å². The molecule has 178 valence electrons. The molecule has 0 spiro atoms. The number of aromatic nitrogens is 3. The second kappa shape index (κ2) is 9.72. The summed E-state index contributed by atoms with van der Waals surface area (Å²) in [5.74, 6) is 2.11. The molecule has 0 saturated carbocycles. The summed E-state index contributed by atoms with van der Waals surface area (Å²) in [5, 5.41) is 0.0818. The monoisotopic (exact) mass is 482 g/mol. The maximum absolute atomic E-state index is 13.8. The quantitative estimate of drug-likeness (QED) is 0.552. The van der Waals surface area contributed by atoms with Gasteiger partial charge < -0.3 is 19.4 Å². The van der Waals surface area contributed by atoms with E-state index in [9.17, 15) is 4.39 Å². The van der Waals surface area contributed by atoms with Gasteiger partial charge in [-0.1, -0.05) is 17.7 Å². The third-order valence-corrected chi connectivity index (χ3v) is 6.70. The van der Waals surface area contributed by atoms with Gasteiger partial charge in [0.05, 0.1) is 23.9 Å². The van der Waals surface area contributed by atoms with Crippen molar-refractivity contribution < 1.29 is 9.13 Å². The summed E-state index contributed by atoms with van der Waals surface area (Å²) in [6.45, 7) is 9.54. The van der Waals surface area contributed by atoms with Crippen molar-refractivity contribution in [2.24, 2.45) is 0 Å². The van der Waals surface area contributed by atoms with Gasteiger partial charge in [0.2, 0.25) is 5.95 Å². The Kier molecular flexibility index (Phi) is 6.52. The molecule has 9 heteroatoms. The summed E-state index contributed by atoms with van der Waals surface area (Å²) in [4.78, 5) is 21.2. The van der Waals surface area contributed by atoms with Gasteiger partial charge in [0.1, 0.15) is 17.5 Å². The molecule has 0 bridgehead atoms. The Hall–Kier alpha value is -2.97. The van der Waals surface area contributed by atoms with Gasteiger partial charge in [0, 0.05) is 56.6 Å². The van der Waals surface area contributed by atoms with Crippen LogP contribution in [0.2, 0.25) is 5.02 Å². The molecular weight excluding hydrogens is 455 g/mol. The summed E-state index contributed by atoms with van der Waals surface area (Å²) in [6, 6.07) is 11.0. The lowest BCUT2D eigenvalue weighted by Gasteiger charge is -2.41. The molecule has 2 fully saturated rings. The number of hydrogen-bond acceptors (Lipinski definition) is 7. The predicted molar refractivity (Wildman–Crippen MR) is 133 cm³/mol. The fourth-order valence-electron chi connectivity index (χ4n) is 4.58. The standard InChI is InChI=1S/C25H28ClFN6O/c1-17-4-3-7-28-24(17)32-8-9-33(18(2)16-32)23-15-22(19-5-6-21(27)20(26)14-19)29-25(30-23)31-10-12-34-13-11-31/h3-7,14-15,18H,8-13,16H2,1-2H3/t18-/m1/s1. The van der Waals surface area contributed by atoms with Crippen LogP contribution in [0.4, 0.5) is 22.0 Å². The van der Waals surface area contributed by atoms with Crippen molar-refractivity contribution in [2.75, 3.05) is 60.6 Å². The molecule has 34 heavy (non-hydrogen) atoms. The predicted octanol–water partition coefficient (Wildman–Crippen LogP) is 4.19. The molecule has 1 atom stereocenters. The molecule has 2 aromatic heterocycles. The Morgan fingerprint density at radius 1 is 1.03 bits per heavy atom. The van der Waals surface area contributed by atoms with E-state index in [1.54, 1.807) is 12.1 Å². The molecule has 0 amide bonds. The van der Waals surface area contributed by atoms with E-state index in [1.165, 1.54) is 11.6 Å². The van der Waals surface area contributed by atoms with E-state index in [-0.39, 0.29) is 11.1 Å². The molecule has 0 unspecified atom stereocenters. The number of halogens is 2. The molecular formula is C25H28ClFN6O. The number of ether oxygens (including phenoxy) is 1. The first-order valence-electron chi connectivity index (χ1n) is 11.6. The van der Waals surface area contributed by atoms with Crippen molar-refractivity contribution in [2.45, 2.75) is 19.9 Å². The van der Waals surface area contributed by atoms with Gasteiger partial charge in [-0.15, -0.1) is 0 Å². The number of morpholine rings is 1. The van der Waals surface area contributed by atoms with Crippen molar-refractivity contribution in [3.05, 3.63) is 59.0 Å². The molecule has 1 aromatic carbocycles. The van der Waals surface area contributed by atoms with Crippen LogP contribution in [0.5, 0.6) is 0 Å². The lowest BCUT2D eigenvalue weighted by molar-refractivity contribution is 0.122. The van der Waals surface area contributed by atoms with Gasteiger partial charge >= 0.3 is 0 Å². The van der Waals surface area contributed by atoms with Gasteiger partial charge in [0.15, 0.2) is 0 Å². The summed E-state index contributed by atoms with van der Waals surface area (Å²) in [5.41, 5.74) is 2.67. The number of hydrogen-bond donors (Lipinski definition) is 0. The van der Waals surface area contributed by atoms with Gasteiger partial charge in [-0.05, 0) is 43.7 Å². The maximum Gasteiger partial charge on any atom is 0.228 e. The van der Waals surface area contributed by atoms with E-state index in [4.69, 9.17) is 26.3 Å². The third kappa shape index (κ3) is 4.65. The fourth-order valence-corrected chi connectivity index (χ4v) is 4.76. The van der Waals surface area contributed by atoms with Crippen LogP contribution >= 0.6 is 11.6 Å². The number of piperazine rings is 1. The van der Waals surface area contributed by atoms with Crippen LogP contribution in [0, 0.1) is 12.7 Å². The summed E-state index contributed by atoms with van der Waals surface area (Å²) in [7, 11) is 0. The van der Waals surface area contributed by atoms with Crippen molar-refractivity contribution >= 4 is 29.2 Å². The summed E-state index contributed by atoms with van der Waals surface area (Å²) >= 11 is 6.08. The van der Waals surface area contributed by atoms with Crippen LogP contribution in [0.15, 0.2) is 42.6 Å². The first-order chi connectivity index (χ1) is 16.5. The molecule has 2 aliphatic heterocycles. The number of pyridine rings is 1. The van der Waals surface area contributed by atoms with Crippen LogP contribution in [0.1, 0.15) is 12.5 Å². The molecule has 0 aliphatic carbocycles. The molecule has 5 rings (SSSR count). The second-order valence-electron chi connectivity index (χ2n) is 8.77. The van der Waals surface area contributed by atoms with Crippen molar-refractivity contribution in [1.82, 2.24) is 15.0 Å². The first kappa shape index (κ1) is 22.8. The van der Waals surface area contributed by atoms with Crippen LogP contribution in [0.3, 0.4) is 0 Å². The van der Waals surface area contributed by atoms with E-state index in [1.807, 2.05) is 18.3 Å². The lowest BCUT2D eigenvalue weighted by atomic mass is 10.1. The second-order valence-corrected chi connectivity index (χ2v) is 9.18. The number of aryl methyl sites for hydroxylation is 1. The largest absolute Gasteiger partial charge is 0.378 e. The minimum atomic E-state index is -0.442. The van der Waals surface area contributed by atoms with Crippen LogP contribution in [-0.2, 0) is 4.74 Å². The SMILES string of the molecule is Cc1cccnc1N1CCN(c2cc(-c3ccc(F)c(Cl)c3)nc(N3CCOCC3)n2)[C@H](C)C1. The number of rotatable bonds is 4. The normalized spacial score (nSPS) is 18.9. The average Bonchev–Trinajstić information content (AvgIpc) is 2.86. The number of anilines is 3. The van der Waals surface area contributed by atoms with Crippen molar-refractivity contribution in [3.63, 3.8) is 0 Å².